The van der Waals surface area contributed by atoms with Gasteiger partial charge in [0, 0.05) is 11.4 Å². The summed E-state index contributed by atoms with van der Waals surface area (Å²) in [4.78, 5) is 0. The minimum atomic E-state index is 0.500. The molecule has 4 aromatic carbocycles. The average Bonchev–Trinajstić information content (AvgIpc) is 2.86. The van der Waals surface area contributed by atoms with Gasteiger partial charge in [-0.3, -0.25) is 4.39 Å². The van der Waals surface area contributed by atoms with Gasteiger partial charge in [-0.2, -0.15) is 0 Å². The van der Waals surface area contributed by atoms with Crippen molar-refractivity contribution in [1.29, 1.82) is 0 Å². The highest BCUT2D eigenvalue weighted by Gasteiger charge is 2.05. The molecule has 0 radical (unpaired) electrons. The fourth-order valence-corrected chi connectivity index (χ4v) is 3.58. The second-order valence-corrected chi connectivity index (χ2v) is 7.71. The van der Waals surface area contributed by atoms with E-state index in [-0.39, 0.29) is 0 Å². The first kappa shape index (κ1) is 26.5. The molecule has 0 heterocycles. The first-order chi connectivity index (χ1) is 16.5. The van der Waals surface area contributed by atoms with Gasteiger partial charge < -0.3 is 16.2 Å². The number of aryl methyl sites for hydroxylation is 2. The molecule has 0 fully saturated rings. The highest BCUT2D eigenvalue weighted by Crippen LogP contribution is 2.29. The number of benzene rings is 4. The predicted octanol–water partition coefficient (Wildman–Crippen LogP) is 8.13. The zero-order valence-electron chi connectivity index (χ0n) is 20.7. The second-order valence-electron chi connectivity index (χ2n) is 7.71. The summed E-state index contributed by atoms with van der Waals surface area (Å²) in [6.07, 6.45) is 0.903. The van der Waals surface area contributed by atoms with Crippen LogP contribution < -0.4 is 16.2 Å². The Labute approximate surface area is 203 Å². The molecule has 0 spiro atoms. The Bertz CT molecular complexity index is 1070. The van der Waals surface area contributed by atoms with Crippen molar-refractivity contribution in [3.05, 3.63) is 107 Å². The molecule has 0 unspecified atom stereocenters. The van der Waals surface area contributed by atoms with Gasteiger partial charge in [0.05, 0.1) is 7.18 Å². The van der Waals surface area contributed by atoms with E-state index in [2.05, 4.69) is 49.4 Å². The van der Waals surface area contributed by atoms with Crippen molar-refractivity contribution < 1.29 is 9.13 Å². The van der Waals surface area contributed by atoms with E-state index in [1.165, 1.54) is 22.3 Å². The van der Waals surface area contributed by atoms with Crippen molar-refractivity contribution in [1.82, 2.24) is 0 Å². The van der Waals surface area contributed by atoms with Crippen LogP contribution in [-0.2, 0) is 6.42 Å². The molecule has 0 saturated heterocycles. The first-order valence-electron chi connectivity index (χ1n) is 11.4. The summed E-state index contributed by atoms with van der Waals surface area (Å²) in [5.41, 5.74) is 20.4. The fraction of sp³-hybridized carbons (Fsp3) is 0.200. The molecule has 0 amide bonds. The van der Waals surface area contributed by atoms with Gasteiger partial charge in [0.15, 0.2) is 0 Å². The SMILES string of the molecule is CC.CF.Cc1cc(N)ccc1Cc1ccc(-c2ccc(Oc3ccc(N)cc3C)cc2)cc1. The maximum atomic E-state index is 9.50. The van der Waals surface area contributed by atoms with Gasteiger partial charge in [0.25, 0.3) is 0 Å². The Kier molecular flexibility index (Phi) is 10.2. The Morgan fingerprint density at radius 1 is 0.647 bits per heavy atom. The number of nitrogens with two attached hydrogens (primary N) is 2. The van der Waals surface area contributed by atoms with Gasteiger partial charge in [0.2, 0.25) is 0 Å². The minimum Gasteiger partial charge on any atom is -0.457 e. The third kappa shape index (κ3) is 7.11. The number of anilines is 2. The molecule has 0 aliphatic carbocycles. The normalized spacial score (nSPS) is 9.82. The van der Waals surface area contributed by atoms with E-state index in [4.69, 9.17) is 16.2 Å². The van der Waals surface area contributed by atoms with Crippen LogP contribution in [-0.4, -0.2) is 7.18 Å². The van der Waals surface area contributed by atoms with E-state index in [0.29, 0.717) is 7.18 Å². The van der Waals surface area contributed by atoms with E-state index >= 15 is 0 Å². The molecule has 0 bridgehead atoms. The van der Waals surface area contributed by atoms with Crippen LogP contribution in [0, 0.1) is 13.8 Å². The third-order valence-corrected chi connectivity index (χ3v) is 5.33. The van der Waals surface area contributed by atoms with Crippen LogP contribution in [0.25, 0.3) is 11.1 Å². The summed E-state index contributed by atoms with van der Waals surface area (Å²) in [6, 6.07) is 28.6. The molecule has 4 rings (SSSR count). The molecule has 4 N–H and O–H groups in total. The van der Waals surface area contributed by atoms with Crippen molar-refractivity contribution in [2.75, 3.05) is 18.6 Å². The average molecular weight is 459 g/mol. The molecule has 34 heavy (non-hydrogen) atoms. The largest absolute Gasteiger partial charge is 0.457 e. The van der Waals surface area contributed by atoms with Crippen LogP contribution in [0.15, 0.2) is 84.9 Å². The highest BCUT2D eigenvalue weighted by molar-refractivity contribution is 5.65. The third-order valence-electron chi connectivity index (χ3n) is 5.33. The highest BCUT2D eigenvalue weighted by atomic mass is 19.1. The maximum Gasteiger partial charge on any atom is 0.130 e. The molecule has 178 valence electrons. The molecular formula is C30H35FN2O. The summed E-state index contributed by atoms with van der Waals surface area (Å²) >= 11 is 0. The number of ether oxygens (including phenoxy) is 1. The van der Waals surface area contributed by atoms with Crippen molar-refractivity contribution in [2.24, 2.45) is 0 Å². The van der Waals surface area contributed by atoms with E-state index in [9.17, 15) is 4.39 Å². The summed E-state index contributed by atoms with van der Waals surface area (Å²) < 4.78 is 15.5. The summed E-state index contributed by atoms with van der Waals surface area (Å²) in [7, 11) is 0.500. The van der Waals surface area contributed by atoms with E-state index in [0.717, 1.165) is 40.4 Å². The number of nitrogen functional groups attached to an aromatic ring is 2. The quantitative estimate of drug-likeness (QED) is 0.297. The Hall–Kier alpha value is -3.79. The van der Waals surface area contributed by atoms with Gasteiger partial charge in [-0.1, -0.05) is 56.3 Å². The smallest absolute Gasteiger partial charge is 0.130 e. The first-order valence-corrected chi connectivity index (χ1v) is 11.4. The maximum absolute atomic E-state index is 9.50. The van der Waals surface area contributed by atoms with Gasteiger partial charge in [-0.25, -0.2) is 0 Å². The predicted molar refractivity (Wildman–Crippen MR) is 144 cm³/mol. The number of alkyl halides is 1. The molecule has 0 aliphatic rings. The lowest BCUT2D eigenvalue weighted by atomic mass is 9.98. The molecule has 0 atom stereocenters. The standard InChI is InChI=1S/C27H26N2O.C2H6.CH3F/c1-18-15-24(28)10-7-23(18)17-20-3-5-21(6-4-20)22-8-12-26(13-9-22)30-27-14-11-25(29)16-19(27)2;2*1-2/h3-16H,17,28-29H2,1-2H3;1-2H3;1H3. The van der Waals surface area contributed by atoms with Crippen molar-refractivity contribution in [3.63, 3.8) is 0 Å². The van der Waals surface area contributed by atoms with E-state index in [1.54, 1.807) is 0 Å². The Morgan fingerprint density at radius 3 is 1.68 bits per heavy atom. The lowest BCUT2D eigenvalue weighted by Crippen LogP contribution is -1.94. The topological polar surface area (TPSA) is 61.3 Å². The molecule has 4 aromatic rings. The Morgan fingerprint density at radius 2 is 1.15 bits per heavy atom. The van der Waals surface area contributed by atoms with Crippen LogP contribution in [0.3, 0.4) is 0 Å². The zero-order chi connectivity index (χ0) is 25.1. The van der Waals surface area contributed by atoms with Gasteiger partial charge in [-0.15, -0.1) is 0 Å². The van der Waals surface area contributed by atoms with Crippen molar-refractivity contribution in [3.8, 4) is 22.6 Å². The molecule has 3 nitrogen and oxygen atoms in total. The second kappa shape index (κ2) is 13.0. The van der Waals surface area contributed by atoms with Gasteiger partial charge >= 0.3 is 0 Å². The van der Waals surface area contributed by atoms with Crippen LogP contribution in [0.1, 0.15) is 36.1 Å². The molecule has 0 saturated carbocycles. The minimum absolute atomic E-state index is 0.500. The van der Waals surface area contributed by atoms with Crippen LogP contribution in [0.4, 0.5) is 15.8 Å². The number of hydrogen-bond donors (Lipinski definition) is 2. The molecule has 0 aromatic heterocycles. The fourth-order valence-electron chi connectivity index (χ4n) is 3.58. The lowest BCUT2D eigenvalue weighted by molar-refractivity contribution is 0.479. The number of rotatable bonds is 5. The summed E-state index contributed by atoms with van der Waals surface area (Å²) in [6.45, 7) is 8.10. The number of hydrogen-bond acceptors (Lipinski definition) is 3. The van der Waals surface area contributed by atoms with Crippen molar-refractivity contribution in [2.45, 2.75) is 34.1 Å². The van der Waals surface area contributed by atoms with E-state index < -0.39 is 0 Å². The van der Waals surface area contributed by atoms with Gasteiger partial charge in [0.1, 0.15) is 11.5 Å². The summed E-state index contributed by atoms with van der Waals surface area (Å²) in [5.74, 6) is 1.63. The summed E-state index contributed by atoms with van der Waals surface area (Å²) in [5, 5.41) is 0. The molecule has 0 aliphatic heterocycles. The van der Waals surface area contributed by atoms with Crippen LogP contribution in [0.2, 0.25) is 0 Å². The molecular weight excluding hydrogens is 423 g/mol. The lowest BCUT2D eigenvalue weighted by Gasteiger charge is -2.11. The zero-order valence-corrected chi connectivity index (χ0v) is 20.7. The molecule has 4 heteroatoms. The monoisotopic (exact) mass is 458 g/mol. The van der Waals surface area contributed by atoms with Crippen LogP contribution >= 0.6 is 0 Å². The Balaban J connectivity index is 0.000000970. The van der Waals surface area contributed by atoms with Gasteiger partial charge in [-0.05, 0) is 96.1 Å². The van der Waals surface area contributed by atoms with Crippen LogP contribution in [0.5, 0.6) is 11.5 Å². The van der Waals surface area contributed by atoms with Crippen molar-refractivity contribution >= 4 is 11.4 Å². The van der Waals surface area contributed by atoms with E-state index in [1.807, 2.05) is 63.2 Å². The number of halogens is 1.